The fraction of sp³-hybridized carbons (Fsp3) is 0.172. The highest BCUT2D eigenvalue weighted by molar-refractivity contribution is 6.42. The van der Waals surface area contributed by atoms with Gasteiger partial charge in [-0.25, -0.2) is 0 Å². The van der Waals surface area contributed by atoms with Gasteiger partial charge in [-0.1, -0.05) is 35.3 Å². The third-order valence-electron chi connectivity index (χ3n) is 6.51. The molecule has 11 heteroatoms. The standard InChI is InChI=1S/C29H24Cl2N4O5/c1-36-17-6-9-22(37-2)18(12-17)27-26-25(19(13-32)28(33)40-29(26)35-34-27)16-5-8-23(24(11-16)38-3)39-14-15-4-7-20(30)21(31)10-15/h4-12,25H,14,33H2,1-3H3,(H,34,35). The number of nitrogens with zero attached hydrogens (tertiary/aromatic N) is 2. The van der Waals surface area contributed by atoms with Crippen LogP contribution in [0.25, 0.3) is 11.3 Å². The van der Waals surface area contributed by atoms with Crippen LogP contribution in [0.2, 0.25) is 10.0 Å². The molecule has 1 aromatic heterocycles. The summed E-state index contributed by atoms with van der Waals surface area (Å²) >= 11 is 12.2. The molecule has 1 aliphatic heterocycles. The van der Waals surface area contributed by atoms with Crippen LogP contribution in [0.3, 0.4) is 0 Å². The molecule has 1 aliphatic rings. The summed E-state index contributed by atoms with van der Waals surface area (Å²) in [5, 5.41) is 18.4. The highest BCUT2D eigenvalue weighted by atomic mass is 35.5. The number of aromatic nitrogens is 2. The van der Waals surface area contributed by atoms with Gasteiger partial charge < -0.3 is 29.4 Å². The molecular formula is C29H24Cl2N4O5. The van der Waals surface area contributed by atoms with Gasteiger partial charge in [-0.3, -0.25) is 5.10 Å². The molecule has 0 saturated heterocycles. The summed E-state index contributed by atoms with van der Waals surface area (Å²) in [5.41, 5.74) is 9.84. The second-order valence-electron chi connectivity index (χ2n) is 8.76. The number of nitriles is 1. The lowest BCUT2D eigenvalue weighted by atomic mass is 9.82. The van der Waals surface area contributed by atoms with E-state index < -0.39 is 5.92 Å². The van der Waals surface area contributed by atoms with Gasteiger partial charge in [0.2, 0.25) is 11.8 Å². The number of fused-ring (bicyclic) bond motifs is 1. The monoisotopic (exact) mass is 578 g/mol. The number of methoxy groups -OCH3 is 3. The van der Waals surface area contributed by atoms with E-state index >= 15 is 0 Å². The summed E-state index contributed by atoms with van der Waals surface area (Å²) in [6.45, 7) is 0.242. The predicted octanol–water partition coefficient (Wildman–Crippen LogP) is 6.21. The molecule has 0 radical (unpaired) electrons. The van der Waals surface area contributed by atoms with Crippen LogP contribution in [0.1, 0.15) is 22.6 Å². The first-order chi connectivity index (χ1) is 19.4. The number of halogens is 2. The normalized spacial score (nSPS) is 14.2. The van der Waals surface area contributed by atoms with Crippen LogP contribution < -0.4 is 29.4 Å². The van der Waals surface area contributed by atoms with Crippen LogP contribution in [0.4, 0.5) is 0 Å². The minimum absolute atomic E-state index is 0.0328. The number of benzene rings is 3. The van der Waals surface area contributed by atoms with E-state index in [1.165, 1.54) is 0 Å². The average Bonchev–Trinajstić information content (AvgIpc) is 3.39. The zero-order chi connectivity index (χ0) is 28.4. The van der Waals surface area contributed by atoms with Crippen molar-refractivity contribution in [3.05, 3.63) is 92.8 Å². The van der Waals surface area contributed by atoms with Crippen molar-refractivity contribution >= 4 is 23.2 Å². The lowest BCUT2D eigenvalue weighted by molar-refractivity contribution is 0.284. The number of aromatic amines is 1. The summed E-state index contributed by atoms with van der Waals surface area (Å²) in [5.74, 6) is 1.75. The summed E-state index contributed by atoms with van der Waals surface area (Å²) in [6, 6.07) is 18.3. The van der Waals surface area contributed by atoms with Gasteiger partial charge in [-0.2, -0.15) is 5.26 Å². The van der Waals surface area contributed by atoms with Gasteiger partial charge in [0, 0.05) is 5.56 Å². The van der Waals surface area contributed by atoms with E-state index in [9.17, 15) is 5.26 Å². The fourth-order valence-electron chi connectivity index (χ4n) is 4.57. The van der Waals surface area contributed by atoms with Gasteiger partial charge in [0.15, 0.2) is 11.5 Å². The average molecular weight is 579 g/mol. The Bertz CT molecular complexity index is 1660. The molecule has 3 N–H and O–H groups in total. The predicted molar refractivity (Wildman–Crippen MR) is 150 cm³/mol. The minimum Gasteiger partial charge on any atom is -0.497 e. The number of ether oxygens (including phenoxy) is 5. The molecule has 3 aromatic carbocycles. The number of allylic oxidation sites excluding steroid dienone is 1. The van der Waals surface area contributed by atoms with Crippen molar-refractivity contribution in [2.75, 3.05) is 21.3 Å². The Balaban J connectivity index is 1.57. The highest BCUT2D eigenvalue weighted by Crippen LogP contribution is 2.48. The largest absolute Gasteiger partial charge is 0.497 e. The summed E-state index contributed by atoms with van der Waals surface area (Å²) < 4.78 is 28.5. The quantitative estimate of drug-likeness (QED) is 0.253. The molecule has 0 amide bonds. The minimum atomic E-state index is -0.628. The molecule has 0 bridgehead atoms. The number of rotatable bonds is 8. The van der Waals surface area contributed by atoms with Crippen molar-refractivity contribution in [1.82, 2.24) is 10.2 Å². The summed E-state index contributed by atoms with van der Waals surface area (Å²) in [4.78, 5) is 0. The summed E-state index contributed by atoms with van der Waals surface area (Å²) in [6.07, 6.45) is 0. The van der Waals surface area contributed by atoms with Crippen molar-refractivity contribution in [3.8, 4) is 46.2 Å². The third-order valence-corrected chi connectivity index (χ3v) is 7.25. The molecule has 0 saturated carbocycles. The van der Waals surface area contributed by atoms with Gasteiger partial charge in [0.05, 0.1) is 48.5 Å². The first-order valence-electron chi connectivity index (χ1n) is 12.0. The maximum Gasteiger partial charge on any atom is 0.244 e. The SMILES string of the molecule is COc1ccc(OC)c(-c2[nH]nc3c2C(c2ccc(OCc4ccc(Cl)c(Cl)c4)c(OC)c2)C(C#N)=C(N)O3)c1. The lowest BCUT2D eigenvalue weighted by Crippen LogP contribution is -2.21. The van der Waals surface area contributed by atoms with Gasteiger partial charge in [0.25, 0.3) is 0 Å². The first-order valence-corrected chi connectivity index (χ1v) is 12.8. The Morgan fingerprint density at radius 2 is 1.73 bits per heavy atom. The first kappa shape index (κ1) is 27.1. The Morgan fingerprint density at radius 3 is 2.42 bits per heavy atom. The molecule has 0 fully saturated rings. The zero-order valence-electron chi connectivity index (χ0n) is 21.7. The Labute approximate surface area is 240 Å². The van der Waals surface area contributed by atoms with E-state index in [4.69, 9.17) is 52.6 Å². The number of nitrogens with one attached hydrogen (secondary N) is 1. The molecule has 5 rings (SSSR count). The van der Waals surface area contributed by atoms with E-state index in [-0.39, 0.29) is 23.9 Å². The van der Waals surface area contributed by atoms with E-state index in [0.717, 1.165) is 5.56 Å². The van der Waals surface area contributed by atoms with Crippen molar-refractivity contribution in [2.24, 2.45) is 5.73 Å². The molecule has 1 atom stereocenters. The maximum absolute atomic E-state index is 10.1. The molecule has 9 nitrogen and oxygen atoms in total. The second kappa shape index (κ2) is 11.3. The molecule has 4 aromatic rings. The van der Waals surface area contributed by atoms with Crippen LogP contribution in [-0.4, -0.2) is 31.5 Å². The van der Waals surface area contributed by atoms with Crippen LogP contribution in [-0.2, 0) is 6.61 Å². The second-order valence-corrected chi connectivity index (χ2v) is 9.57. The molecular weight excluding hydrogens is 555 g/mol. The Hall–Kier alpha value is -4.52. The summed E-state index contributed by atoms with van der Waals surface area (Å²) in [7, 11) is 4.69. The van der Waals surface area contributed by atoms with E-state index in [0.29, 0.717) is 55.4 Å². The van der Waals surface area contributed by atoms with Gasteiger partial charge >= 0.3 is 0 Å². The smallest absolute Gasteiger partial charge is 0.244 e. The Morgan fingerprint density at radius 1 is 0.950 bits per heavy atom. The van der Waals surface area contributed by atoms with Crippen molar-refractivity contribution < 1.29 is 23.7 Å². The molecule has 204 valence electrons. The number of hydrogen-bond acceptors (Lipinski definition) is 8. The van der Waals surface area contributed by atoms with Crippen LogP contribution in [0.15, 0.2) is 66.1 Å². The number of hydrogen-bond donors (Lipinski definition) is 2. The molecule has 1 unspecified atom stereocenters. The Kier molecular flexibility index (Phi) is 7.65. The van der Waals surface area contributed by atoms with E-state index in [2.05, 4.69) is 16.3 Å². The fourth-order valence-corrected chi connectivity index (χ4v) is 4.89. The van der Waals surface area contributed by atoms with Crippen LogP contribution in [0.5, 0.6) is 28.9 Å². The van der Waals surface area contributed by atoms with Gasteiger partial charge in [-0.15, -0.1) is 5.10 Å². The molecule has 0 spiro atoms. The number of H-pyrrole nitrogens is 1. The topological polar surface area (TPSA) is 125 Å². The molecule has 40 heavy (non-hydrogen) atoms. The highest BCUT2D eigenvalue weighted by Gasteiger charge is 2.36. The van der Waals surface area contributed by atoms with Crippen molar-refractivity contribution in [3.63, 3.8) is 0 Å². The van der Waals surface area contributed by atoms with Crippen molar-refractivity contribution in [1.29, 1.82) is 5.26 Å². The zero-order valence-corrected chi connectivity index (χ0v) is 23.3. The number of nitrogens with two attached hydrogens (primary N) is 1. The maximum atomic E-state index is 10.1. The lowest BCUT2D eigenvalue weighted by Gasteiger charge is -2.25. The van der Waals surface area contributed by atoms with Crippen molar-refractivity contribution in [2.45, 2.75) is 12.5 Å². The molecule has 0 aliphatic carbocycles. The van der Waals surface area contributed by atoms with E-state index in [1.54, 1.807) is 57.7 Å². The van der Waals surface area contributed by atoms with Crippen LogP contribution in [0, 0.1) is 11.3 Å². The van der Waals surface area contributed by atoms with Gasteiger partial charge in [0.1, 0.15) is 29.7 Å². The van der Waals surface area contributed by atoms with Gasteiger partial charge in [-0.05, 0) is 53.6 Å². The third kappa shape index (κ3) is 4.95. The molecule has 2 heterocycles. The van der Waals surface area contributed by atoms with E-state index in [1.807, 2.05) is 18.2 Å². The van der Waals surface area contributed by atoms with Crippen LogP contribution >= 0.6 is 23.2 Å².